The Morgan fingerprint density at radius 2 is 1.58 bits per heavy atom. The van der Waals surface area contributed by atoms with E-state index in [1.807, 2.05) is 39.8 Å². The molecule has 4 rings (SSSR count). The molecule has 0 aromatic heterocycles. The third-order valence-electron chi connectivity index (χ3n) is 5.76. The summed E-state index contributed by atoms with van der Waals surface area (Å²) in [5.41, 5.74) is 1.24. The highest BCUT2D eigenvalue weighted by atomic mass is 16.7. The van der Waals surface area contributed by atoms with E-state index in [4.69, 9.17) is 9.31 Å². The highest BCUT2D eigenvalue weighted by Gasteiger charge is 2.52. The minimum Gasteiger partial charge on any atom is -0.399 e. The van der Waals surface area contributed by atoms with E-state index in [1.54, 1.807) is 36.4 Å². The topological polar surface area (TPSA) is 52.6 Å². The zero-order valence-electron chi connectivity index (χ0n) is 15.4. The maximum Gasteiger partial charge on any atom is 0.494 e. The van der Waals surface area contributed by atoms with E-state index < -0.39 is 24.2 Å². The van der Waals surface area contributed by atoms with Crippen LogP contribution in [0.1, 0.15) is 48.4 Å². The normalized spacial score (nSPS) is 26.0. The number of fused-ring (bicyclic) bond motifs is 2. The molecule has 1 aromatic carbocycles. The Bertz CT molecular complexity index is 888. The second kappa shape index (κ2) is 5.63. The number of carbonyl (C=O) groups is 2. The molecule has 26 heavy (non-hydrogen) atoms. The molecule has 1 unspecified atom stereocenters. The van der Waals surface area contributed by atoms with Crippen molar-refractivity contribution in [3.05, 3.63) is 70.7 Å². The molecule has 0 amide bonds. The number of rotatable bonds is 1. The van der Waals surface area contributed by atoms with Crippen molar-refractivity contribution in [3.63, 3.8) is 0 Å². The molecular weight excluding hydrogens is 327 g/mol. The second-order valence-corrected chi connectivity index (χ2v) is 7.96. The molecular formula is C21H21BO4. The van der Waals surface area contributed by atoms with Crippen molar-refractivity contribution in [2.45, 2.75) is 38.9 Å². The van der Waals surface area contributed by atoms with Gasteiger partial charge in [-0.25, -0.2) is 0 Å². The zero-order valence-corrected chi connectivity index (χ0v) is 15.4. The maximum atomic E-state index is 13.0. The highest BCUT2D eigenvalue weighted by molar-refractivity contribution is 6.56. The summed E-state index contributed by atoms with van der Waals surface area (Å²) in [5, 5.41) is 0. The van der Waals surface area contributed by atoms with Crippen molar-refractivity contribution in [2.75, 3.05) is 0 Å². The standard InChI is InChI=1S/C21H21BO4/c1-20(2)21(3,4)26-22(25-20)13-8-7-11-16-17(12-13)19(24)15-10-6-5-9-14(15)18(16)23/h5-12,16H,1-4H3. The summed E-state index contributed by atoms with van der Waals surface area (Å²) >= 11 is 0. The Morgan fingerprint density at radius 1 is 0.962 bits per heavy atom. The molecule has 2 aliphatic carbocycles. The van der Waals surface area contributed by atoms with E-state index >= 15 is 0 Å². The van der Waals surface area contributed by atoms with E-state index in [0.717, 1.165) is 5.47 Å². The van der Waals surface area contributed by atoms with Gasteiger partial charge in [0.15, 0.2) is 11.6 Å². The van der Waals surface area contributed by atoms with E-state index in [-0.39, 0.29) is 11.6 Å². The Balaban J connectivity index is 1.75. The van der Waals surface area contributed by atoms with Crippen molar-refractivity contribution in [2.24, 2.45) is 5.92 Å². The first kappa shape index (κ1) is 17.2. The van der Waals surface area contributed by atoms with Crippen LogP contribution in [-0.4, -0.2) is 29.9 Å². The van der Waals surface area contributed by atoms with Gasteiger partial charge in [0, 0.05) is 16.7 Å². The smallest absolute Gasteiger partial charge is 0.399 e. The van der Waals surface area contributed by atoms with Gasteiger partial charge in [0.1, 0.15) is 0 Å². The molecule has 4 nitrogen and oxygen atoms in total. The first-order valence-corrected chi connectivity index (χ1v) is 8.85. The average Bonchev–Trinajstić information content (AvgIpc) is 2.75. The van der Waals surface area contributed by atoms with Crippen molar-refractivity contribution in [1.82, 2.24) is 0 Å². The van der Waals surface area contributed by atoms with Crippen LogP contribution in [0.4, 0.5) is 0 Å². The summed E-state index contributed by atoms with van der Waals surface area (Å²) in [4.78, 5) is 25.9. The fourth-order valence-electron chi connectivity index (χ4n) is 3.48. The molecule has 1 aromatic rings. The Hall–Kier alpha value is -2.24. The number of hydrogen-bond acceptors (Lipinski definition) is 4. The van der Waals surface area contributed by atoms with E-state index in [9.17, 15) is 9.59 Å². The van der Waals surface area contributed by atoms with Gasteiger partial charge in [-0.1, -0.05) is 48.6 Å². The minimum atomic E-state index is -0.573. The molecule has 1 saturated heterocycles. The van der Waals surface area contributed by atoms with E-state index in [0.29, 0.717) is 16.7 Å². The monoisotopic (exact) mass is 348 g/mol. The molecule has 132 valence electrons. The lowest BCUT2D eigenvalue weighted by Gasteiger charge is -2.32. The van der Waals surface area contributed by atoms with Crippen LogP contribution in [0.15, 0.2) is 59.6 Å². The molecule has 0 saturated carbocycles. The molecule has 3 aliphatic rings. The molecule has 0 radical (unpaired) electrons. The van der Waals surface area contributed by atoms with Gasteiger partial charge in [-0.15, -0.1) is 0 Å². The summed E-state index contributed by atoms with van der Waals surface area (Å²) in [6.45, 7) is 7.95. The van der Waals surface area contributed by atoms with Crippen molar-refractivity contribution in [3.8, 4) is 0 Å². The van der Waals surface area contributed by atoms with Crippen LogP contribution in [0.5, 0.6) is 0 Å². The number of hydrogen-bond donors (Lipinski definition) is 0. The number of benzene rings is 1. The Kier molecular flexibility index (Phi) is 3.72. The SMILES string of the molecule is CC1(C)OB(C2=CC=CC3C(=O)c4ccccc4C(=O)C3=C2)OC1(C)C. The van der Waals surface area contributed by atoms with Crippen LogP contribution in [0.25, 0.3) is 0 Å². The molecule has 0 N–H and O–H groups in total. The molecule has 1 atom stereocenters. The van der Waals surface area contributed by atoms with Gasteiger partial charge in [0.25, 0.3) is 0 Å². The summed E-state index contributed by atoms with van der Waals surface area (Å²) in [6, 6.07) is 6.99. The maximum absolute atomic E-state index is 13.0. The van der Waals surface area contributed by atoms with Gasteiger partial charge in [-0.05, 0) is 33.2 Å². The minimum absolute atomic E-state index is 0.0498. The molecule has 1 aliphatic heterocycles. The summed E-state index contributed by atoms with van der Waals surface area (Å²) in [5.74, 6) is -0.723. The van der Waals surface area contributed by atoms with E-state index in [2.05, 4.69) is 0 Å². The van der Waals surface area contributed by atoms with Crippen LogP contribution in [-0.2, 0) is 9.31 Å². The largest absolute Gasteiger partial charge is 0.494 e. The van der Waals surface area contributed by atoms with Crippen LogP contribution in [0, 0.1) is 5.92 Å². The van der Waals surface area contributed by atoms with Gasteiger partial charge >= 0.3 is 7.12 Å². The quantitative estimate of drug-likeness (QED) is 0.726. The predicted octanol–water partition coefficient (Wildman–Crippen LogP) is 3.74. The van der Waals surface area contributed by atoms with Gasteiger partial charge in [-0.2, -0.15) is 0 Å². The van der Waals surface area contributed by atoms with Crippen molar-refractivity contribution in [1.29, 1.82) is 0 Å². The van der Waals surface area contributed by atoms with Crippen LogP contribution in [0.3, 0.4) is 0 Å². The first-order chi connectivity index (χ1) is 12.2. The van der Waals surface area contributed by atoms with Crippen LogP contribution in [0.2, 0.25) is 0 Å². The van der Waals surface area contributed by atoms with Gasteiger partial charge in [-0.3, -0.25) is 9.59 Å². The molecule has 0 bridgehead atoms. The number of Topliss-reactive ketones (excluding diaryl/α,β-unsaturated/α-hetero) is 2. The summed E-state index contributed by atoms with van der Waals surface area (Å²) < 4.78 is 12.2. The number of allylic oxidation sites excluding steroid dienone is 6. The van der Waals surface area contributed by atoms with Gasteiger partial charge in [0.05, 0.1) is 17.1 Å². The Morgan fingerprint density at radius 3 is 2.23 bits per heavy atom. The first-order valence-electron chi connectivity index (χ1n) is 8.85. The van der Waals surface area contributed by atoms with Gasteiger partial charge < -0.3 is 9.31 Å². The number of ketones is 2. The van der Waals surface area contributed by atoms with Crippen LogP contribution < -0.4 is 0 Å². The molecule has 1 fully saturated rings. The highest BCUT2D eigenvalue weighted by Crippen LogP contribution is 2.40. The third kappa shape index (κ3) is 2.46. The predicted molar refractivity (Wildman–Crippen MR) is 100.0 cm³/mol. The lowest BCUT2D eigenvalue weighted by molar-refractivity contribution is 0.00578. The molecule has 0 spiro atoms. The average molecular weight is 348 g/mol. The van der Waals surface area contributed by atoms with Gasteiger partial charge in [0.2, 0.25) is 0 Å². The summed E-state index contributed by atoms with van der Waals surface area (Å²) in [7, 11) is -0.573. The fraction of sp³-hybridized carbons (Fsp3) is 0.333. The lowest BCUT2D eigenvalue weighted by atomic mass is 9.73. The van der Waals surface area contributed by atoms with Crippen molar-refractivity contribution >= 4 is 18.7 Å². The molecule has 5 heteroatoms. The summed E-state index contributed by atoms with van der Waals surface area (Å²) in [6.07, 6.45) is 7.22. The third-order valence-corrected chi connectivity index (χ3v) is 5.76. The van der Waals surface area contributed by atoms with Crippen LogP contribution >= 0.6 is 0 Å². The fourth-order valence-corrected chi connectivity index (χ4v) is 3.48. The lowest BCUT2D eigenvalue weighted by Crippen LogP contribution is -2.41. The Labute approximate surface area is 153 Å². The van der Waals surface area contributed by atoms with E-state index in [1.165, 1.54) is 0 Å². The number of carbonyl (C=O) groups excluding carboxylic acids is 2. The zero-order chi connectivity index (χ0) is 18.7. The molecule has 1 heterocycles. The second-order valence-electron chi connectivity index (χ2n) is 7.96. The van der Waals surface area contributed by atoms with Crippen molar-refractivity contribution < 1.29 is 18.9 Å².